The van der Waals surface area contributed by atoms with Crippen LogP contribution in [0.25, 0.3) is 0 Å². The lowest BCUT2D eigenvalue weighted by Gasteiger charge is -2.41. The van der Waals surface area contributed by atoms with Crippen LogP contribution in [0, 0.1) is 5.92 Å². The van der Waals surface area contributed by atoms with Gasteiger partial charge in [0.1, 0.15) is 0 Å². The molecule has 0 aromatic heterocycles. The van der Waals surface area contributed by atoms with Crippen molar-refractivity contribution in [2.45, 2.75) is 52.6 Å². The van der Waals surface area contributed by atoms with Crippen molar-refractivity contribution in [1.82, 2.24) is 9.80 Å². The van der Waals surface area contributed by atoms with Gasteiger partial charge in [-0.25, -0.2) is 4.79 Å². The van der Waals surface area contributed by atoms with E-state index in [1.54, 1.807) is 24.3 Å². The van der Waals surface area contributed by atoms with Gasteiger partial charge in [-0.15, -0.1) is 0 Å². The molecule has 1 unspecified atom stereocenters. The number of fused-ring (bicyclic) bond motifs is 1. The van der Waals surface area contributed by atoms with Gasteiger partial charge >= 0.3 is 6.09 Å². The van der Waals surface area contributed by atoms with Gasteiger partial charge in [-0.1, -0.05) is 26.0 Å². The quantitative estimate of drug-likeness (QED) is 0.828. The molecule has 1 aliphatic heterocycles. The van der Waals surface area contributed by atoms with Gasteiger partial charge in [-0.3, -0.25) is 19.4 Å². The van der Waals surface area contributed by atoms with E-state index < -0.39 is 17.7 Å². The van der Waals surface area contributed by atoms with E-state index in [-0.39, 0.29) is 24.3 Å². The molecular weight excluding hydrogens is 320 g/mol. The van der Waals surface area contributed by atoms with Crippen LogP contribution in [-0.4, -0.2) is 50.9 Å². The third-order valence-corrected chi connectivity index (χ3v) is 4.31. The van der Waals surface area contributed by atoms with Crippen LogP contribution in [0.15, 0.2) is 24.3 Å². The highest BCUT2D eigenvalue weighted by Crippen LogP contribution is 2.27. The third-order valence-electron chi connectivity index (χ3n) is 4.31. The average Bonchev–Trinajstić information content (AvgIpc) is 2.70. The second kappa shape index (κ2) is 6.86. The molecule has 0 fully saturated rings. The molecule has 1 atom stereocenters. The first-order valence-electron chi connectivity index (χ1n) is 8.51. The van der Waals surface area contributed by atoms with Crippen LogP contribution in [0.4, 0.5) is 4.79 Å². The monoisotopic (exact) mass is 346 g/mol. The molecule has 0 radical (unpaired) electrons. The van der Waals surface area contributed by atoms with Crippen molar-refractivity contribution in [2.24, 2.45) is 5.92 Å². The zero-order chi connectivity index (χ0) is 18.9. The van der Waals surface area contributed by atoms with Crippen LogP contribution in [0.2, 0.25) is 0 Å². The molecule has 25 heavy (non-hydrogen) atoms. The van der Waals surface area contributed by atoms with Crippen molar-refractivity contribution in [3.8, 4) is 0 Å². The highest BCUT2D eigenvalue weighted by molar-refractivity contribution is 6.21. The number of carbonyl (C=O) groups is 3. The molecule has 1 aliphatic rings. The molecule has 2 rings (SSSR count). The summed E-state index contributed by atoms with van der Waals surface area (Å²) in [5.74, 6) is -0.480. The van der Waals surface area contributed by atoms with E-state index in [1.807, 2.05) is 34.6 Å². The molecule has 136 valence electrons. The van der Waals surface area contributed by atoms with Crippen LogP contribution in [0.3, 0.4) is 0 Å². The molecule has 6 nitrogen and oxygen atoms in total. The van der Waals surface area contributed by atoms with Crippen LogP contribution in [0.5, 0.6) is 0 Å². The van der Waals surface area contributed by atoms with E-state index in [2.05, 4.69) is 0 Å². The fraction of sp³-hybridized carbons (Fsp3) is 0.526. The molecule has 1 aromatic carbocycles. The molecule has 1 N–H and O–H groups in total. The van der Waals surface area contributed by atoms with E-state index in [9.17, 15) is 19.5 Å². The molecule has 0 spiro atoms. The Labute approximate surface area is 148 Å². The second-order valence-corrected chi connectivity index (χ2v) is 7.87. The molecule has 3 amide bonds. The predicted molar refractivity (Wildman–Crippen MR) is 94.7 cm³/mol. The van der Waals surface area contributed by atoms with Crippen LogP contribution in [-0.2, 0) is 0 Å². The maximum absolute atomic E-state index is 12.6. The number of rotatable bonds is 5. The molecular formula is C19H26N2O4. The van der Waals surface area contributed by atoms with E-state index >= 15 is 0 Å². The minimum absolute atomic E-state index is 0.0636. The smallest absolute Gasteiger partial charge is 0.408 e. The van der Waals surface area contributed by atoms with E-state index in [0.717, 1.165) is 0 Å². The van der Waals surface area contributed by atoms with E-state index in [0.29, 0.717) is 17.5 Å². The van der Waals surface area contributed by atoms with Crippen LogP contribution >= 0.6 is 0 Å². The zero-order valence-corrected chi connectivity index (χ0v) is 15.4. The van der Waals surface area contributed by atoms with Crippen LogP contribution < -0.4 is 0 Å². The number of amides is 3. The summed E-state index contributed by atoms with van der Waals surface area (Å²) in [6, 6.07) is 6.24. The molecule has 0 bridgehead atoms. The van der Waals surface area contributed by atoms with Crippen molar-refractivity contribution < 1.29 is 19.5 Å². The number of hydrogen-bond donors (Lipinski definition) is 1. The maximum Gasteiger partial charge on any atom is 0.408 e. The maximum atomic E-state index is 12.6. The normalized spacial score (nSPS) is 15.5. The lowest BCUT2D eigenvalue weighted by molar-refractivity contribution is 0.0386. The van der Waals surface area contributed by atoms with E-state index in [4.69, 9.17) is 0 Å². The minimum atomic E-state index is -1.05. The molecule has 0 saturated carbocycles. The Morgan fingerprint density at radius 2 is 1.60 bits per heavy atom. The Morgan fingerprint density at radius 3 is 1.96 bits per heavy atom. The summed E-state index contributed by atoms with van der Waals surface area (Å²) in [5, 5.41) is 9.71. The van der Waals surface area contributed by atoms with Crippen molar-refractivity contribution in [2.75, 3.05) is 6.54 Å². The van der Waals surface area contributed by atoms with Gasteiger partial charge in [-0.05, 0) is 45.2 Å². The lowest BCUT2D eigenvalue weighted by Crippen LogP contribution is -2.55. The standard InChI is InChI=1S/C19H26N2O4/c1-12(2)10-13(21(18(24)25)19(3,4)5)11-20-16(22)14-8-6-7-9-15(14)17(20)23/h6-9,12-13H,10-11H2,1-5H3,(H,24,25). The van der Waals surface area contributed by atoms with Gasteiger partial charge in [0.25, 0.3) is 11.8 Å². The highest BCUT2D eigenvalue weighted by Gasteiger charge is 2.40. The largest absolute Gasteiger partial charge is 0.465 e. The number of benzene rings is 1. The Kier molecular flexibility index (Phi) is 5.20. The van der Waals surface area contributed by atoms with E-state index in [1.165, 1.54) is 9.80 Å². The fourth-order valence-corrected chi connectivity index (χ4v) is 3.41. The molecule has 0 saturated heterocycles. The Morgan fingerprint density at radius 1 is 1.12 bits per heavy atom. The molecule has 6 heteroatoms. The fourth-order valence-electron chi connectivity index (χ4n) is 3.41. The summed E-state index contributed by atoms with van der Waals surface area (Å²) in [4.78, 5) is 39.6. The Bertz CT molecular complexity index is 656. The van der Waals surface area contributed by atoms with Crippen LogP contribution in [0.1, 0.15) is 61.8 Å². The van der Waals surface area contributed by atoms with Gasteiger partial charge in [0.2, 0.25) is 0 Å². The first kappa shape index (κ1) is 19.0. The Balaban J connectivity index is 2.34. The average molecular weight is 346 g/mol. The zero-order valence-electron chi connectivity index (χ0n) is 15.4. The first-order chi connectivity index (χ1) is 11.5. The summed E-state index contributed by atoms with van der Waals surface area (Å²) >= 11 is 0. The molecule has 1 aromatic rings. The summed E-state index contributed by atoms with van der Waals surface area (Å²) < 4.78 is 0. The lowest BCUT2D eigenvalue weighted by atomic mass is 9.96. The SMILES string of the molecule is CC(C)CC(CN1C(=O)c2ccccc2C1=O)N(C(=O)O)C(C)(C)C. The van der Waals surface area contributed by atoms with Gasteiger partial charge in [0, 0.05) is 12.1 Å². The summed E-state index contributed by atoms with van der Waals surface area (Å²) in [6.07, 6.45) is -0.480. The van der Waals surface area contributed by atoms with Crippen molar-refractivity contribution in [1.29, 1.82) is 0 Å². The summed E-state index contributed by atoms with van der Waals surface area (Å²) in [6.45, 7) is 9.51. The van der Waals surface area contributed by atoms with Crippen molar-refractivity contribution in [3.05, 3.63) is 35.4 Å². The second-order valence-electron chi connectivity index (χ2n) is 7.87. The molecule has 0 aliphatic carbocycles. The first-order valence-corrected chi connectivity index (χ1v) is 8.51. The number of nitrogens with zero attached hydrogens (tertiary/aromatic N) is 2. The van der Waals surface area contributed by atoms with Gasteiger partial charge in [0.05, 0.1) is 17.2 Å². The van der Waals surface area contributed by atoms with Gasteiger partial charge in [-0.2, -0.15) is 0 Å². The minimum Gasteiger partial charge on any atom is -0.465 e. The third kappa shape index (κ3) is 3.83. The summed E-state index contributed by atoms with van der Waals surface area (Å²) in [5.41, 5.74) is 0.131. The number of imide groups is 1. The number of hydrogen-bond acceptors (Lipinski definition) is 3. The highest BCUT2D eigenvalue weighted by atomic mass is 16.4. The topological polar surface area (TPSA) is 77.9 Å². The summed E-state index contributed by atoms with van der Waals surface area (Å²) in [7, 11) is 0. The van der Waals surface area contributed by atoms with Gasteiger partial charge in [0.15, 0.2) is 0 Å². The van der Waals surface area contributed by atoms with Gasteiger partial charge < -0.3 is 5.11 Å². The van der Waals surface area contributed by atoms with Crippen molar-refractivity contribution in [3.63, 3.8) is 0 Å². The Hall–Kier alpha value is -2.37. The number of carbonyl (C=O) groups excluding carboxylic acids is 2. The van der Waals surface area contributed by atoms with Crippen molar-refractivity contribution >= 4 is 17.9 Å². The number of carboxylic acid groups (broad SMARTS) is 1. The molecule has 1 heterocycles. The predicted octanol–water partition coefficient (Wildman–Crippen LogP) is 3.48.